The van der Waals surface area contributed by atoms with Crippen LogP contribution in [0.3, 0.4) is 0 Å². The summed E-state index contributed by atoms with van der Waals surface area (Å²) in [4.78, 5) is 22.7. The van der Waals surface area contributed by atoms with Gasteiger partial charge in [0.2, 0.25) is 0 Å². The van der Waals surface area contributed by atoms with Crippen molar-refractivity contribution in [2.24, 2.45) is 10.8 Å². The molecule has 0 aromatic carbocycles. The van der Waals surface area contributed by atoms with Crippen LogP contribution >= 0.6 is 0 Å². The summed E-state index contributed by atoms with van der Waals surface area (Å²) in [7, 11) is 0. The molecule has 0 amide bonds. The zero-order valence-electron chi connectivity index (χ0n) is 14.8. The molecule has 0 saturated carbocycles. The van der Waals surface area contributed by atoms with Crippen LogP contribution in [0.5, 0.6) is 0 Å². The van der Waals surface area contributed by atoms with Crippen molar-refractivity contribution in [3.05, 3.63) is 0 Å². The SMILES string of the molecule is CCCC(C)(CCCCCCC(C)(CCC)C(=O)O)C(=O)O. The van der Waals surface area contributed by atoms with Crippen molar-refractivity contribution in [2.75, 3.05) is 0 Å². The lowest BCUT2D eigenvalue weighted by Crippen LogP contribution is -2.27. The first kappa shape index (κ1) is 20.9. The third kappa shape index (κ3) is 6.80. The number of carbonyl (C=O) groups is 2. The lowest BCUT2D eigenvalue weighted by Gasteiger charge is -2.25. The van der Waals surface area contributed by atoms with E-state index in [2.05, 4.69) is 0 Å². The van der Waals surface area contributed by atoms with Gasteiger partial charge in [0.25, 0.3) is 0 Å². The summed E-state index contributed by atoms with van der Waals surface area (Å²) in [6.45, 7) is 7.70. The molecule has 0 aromatic rings. The van der Waals surface area contributed by atoms with Crippen molar-refractivity contribution in [3.8, 4) is 0 Å². The molecule has 0 aliphatic rings. The molecule has 2 unspecified atom stereocenters. The Hall–Kier alpha value is -1.06. The average Bonchev–Trinajstić information content (AvgIpc) is 2.43. The predicted octanol–water partition coefficient (Wildman–Crippen LogP) is 5.11. The fraction of sp³-hybridized carbons (Fsp3) is 0.889. The van der Waals surface area contributed by atoms with Gasteiger partial charge in [-0.15, -0.1) is 0 Å². The molecule has 4 nitrogen and oxygen atoms in total. The molecule has 4 heteroatoms. The number of rotatable bonds is 13. The lowest BCUT2D eigenvalue weighted by atomic mass is 9.79. The lowest BCUT2D eigenvalue weighted by molar-refractivity contribution is -0.150. The molecule has 0 fully saturated rings. The van der Waals surface area contributed by atoms with E-state index in [0.717, 1.165) is 51.4 Å². The molecule has 0 radical (unpaired) electrons. The summed E-state index contributed by atoms with van der Waals surface area (Å²) in [6, 6.07) is 0. The highest BCUT2D eigenvalue weighted by atomic mass is 16.4. The number of carboxylic acids is 2. The second-order valence-electron chi connectivity index (χ2n) is 7.15. The first-order valence-electron chi connectivity index (χ1n) is 8.68. The van der Waals surface area contributed by atoms with Gasteiger partial charge < -0.3 is 10.2 Å². The van der Waals surface area contributed by atoms with Crippen LogP contribution in [0.1, 0.15) is 91.9 Å². The molecule has 0 heterocycles. The summed E-state index contributed by atoms with van der Waals surface area (Å²) in [5, 5.41) is 18.7. The van der Waals surface area contributed by atoms with E-state index in [0.29, 0.717) is 12.8 Å². The van der Waals surface area contributed by atoms with E-state index < -0.39 is 22.8 Å². The molecule has 0 aliphatic heterocycles. The van der Waals surface area contributed by atoms with E-state index >= 15 is 0 Å². The van der Waals surface area contributed by atoms with E-state index in [-0.39, 0.29) is 0 Å². The monoisotopic (exact) mass is 314 g/mol. The highest BCUT2D eigenvalue weighted by molar-refractivity contribution is 5.74. The summed E-state index contributed by atoms with van der Waals surface area (Å²) in [5.41, 5.74) is -1.21. The second-order valence-corrected chi connectivity index (χ2v) is 7.15. The van der Waals surface area contributed by atoms with Gasteiger partial charge in [-0.1, -0.05) is 52.4 Å². The van der Waals surface area contributed by atoms with Crippen molar-refractivity contribution >= 4 is 11.9 Å². The van der Waals surface area contributed by atoms with Gasteiger partial charge in [-0.3, -0.25) is 9.59 Å². The number of hydrogen-bond donors (Lipinski definition) is 2. The Labute approximate surface area is 135 Å². The van der Waals surface area contributed by atoms with Crippen LogP contribution < -0.4 is 0 Å². The summed E-state index contributed by atoms with van der Waals surface area (Å²) in [6.07, 6.45) is 8.39. The minimum absolute atomic E-state index is 0.605. The van der Waals surface area contributed by atoms with E-state index in [1.165, 1.54) is 0 Å². The van der Waals surface area contributed by atoms with Crippen LogP contribution in [0.2, 0.25) is 0 Å². The van der Waals surface area contributed by atoms with Crippen LogP contribution in [-0.2, 0) is 9.59 Å². The first-order valence-corrected chi connectivity index (χ1v) is 8.68. The van der Waals surface area contributed by atoms with E-state index in [1.807, 2.05) is 27.7 Å². The fourth-order valence-electron chi connectivity index (χ4n) is 3.17. The Kier molecular flexibility index (Phi) is 9.38. The maximum Gasteiger partial charge on any atom is 0.309 e. The molecule has 0 saturated heterocycles. The zero-order chi connectivity index (χ0) is 17.2. The van der Waals surface area contributed by atoms with Gasteiger partial charge in [0.1, 0.15) is 0 Å². The largest absolute Gasteiger partial charge is 0.481 e. The standard InChI is InChI=1S/C18H34O4/c1-5-11-17(3,15(19)20)13-9-7-8-10-14-18(4,12-6-2)16(21)22/h5-14H2,1-4H3,(H,19,20)(H,21,22). The van der Waals surface area contributed by atoms with Crippen molar-refractivity contribution < 1.29 is 19.8 Å². The highest BCUT2D eigenvalue weighted by Gasteiger charge is 2.32. The van der Waals surface area contributed by atoms with Gasteiger partial charge in [-0.25, -0.2) is 0 Å². The van der Waals surface area contributed by atoms with E-state index in [9.17, 15) is 19.8 Å². The maximum absolute atomic E-state index is 11.3. The smallest absolute Gasteiger partial charge is 0.309 e. The molecule has 0 aliphatic carbocycles. The average molecular weight is 314 g/mol. The molecule has 130 valence electrons. The van der Waals surface area contributed by atoms with Gasteiger partial charge in [0, 0.05) is 0 Å². The van der Waals surface area contributed by atoms with Gasteiger partial charge in [-0.05, 0) is 39.5 Å². The number of carboxylic acid groups (broad SMARTS) is 2. The predicted molar refractivity (Wildman–Crippen MR) is 89.0 cm³/mol. The van der Waals surface area contributed by atoms with Crippen molar-refractivity contribution in [1.82, 2.24) is 0 Å². The Balaban J connectivity index is 4.07. The molecular weight excluding hydrogens is 280 g/mol. The van der Waals surface area contributed by atoms with E-state index in [1.54, 1.807) is 0 Å². The number of unbranched alkanes of at least 4 members (excludes halogenated alkanes) is 3. The normalized spacial score (nSPS) is 16.7. The number of aliphatic carboxylic acids is 2. The quantitative estimate of drug-likeness (QED) is 0.463. The molecule has 0 rings (SSSR count). The number of hydrogen-bond acceptors (Lipinski definition) is 2. The summed E-state index contributed by atoms with van der Waals surface area (Å²) in [5.74, 6) is -1.40. The van der Waals surface area contributed by atoms with Gasteiger partial charge >= 0.3 is 11.9 Å². The Morgan fingerprint density at radius 3 is 1.23 bits per heavy atom. The van der Waals surface area contributed by atoms with Crippen LogP contribution in [-0.4, -0.2) is 22.2 Å². The minimum Gasteiger partial charge on any atom is -0.481 e. The highest BCUT2D eigenvalue weighted by Crippen LogP contribution is 2.32. The first-order chi connectivity index (χ1) is 10.2. The minimum atomic E-state index is -0.698. The van der Waals surface area contributed by atoms with Crippen LogP contribution in [0.4, 0.5) is 0 Å². The third-order valence-electron chi connectivity index (χ3n) is 4.84. The van der Waals surface area contributed by atoms with Gasteiger partial charge in [0.15, 0.2) is 0 Å². The molecule has 22 heavy (non-hydrogen) atoms. The summed E-state index contributed by atoms with van der Waals surface area (Å²) >= 11 is 0. The van der Waals surface area contributed by atoms with Crippen molar-refractivity contribution in [1.29, 1.82) is 0 Å². The zero-order valence-corrected chi connectivity index (χ0v) is 14.8. The van der Waals surface area contributed by atoms with Gasteiger partial charge in [0.05, 0.1) is 10.8 Å². The van der Waals surface area contributed by atoms with Crippen molar-refractivity contribution in [2.45, 2.75) is 91.9 Å². The summed E-state index contributed by atoms with van der Waals surface area (Å²) < 4.78 is 0. The van der Waals surface area contributed by atoms with Crippen LogP contribution in [0.15, 0.2) is 0 Å². The Morgan fingerprint density at radius 1 is 0.682 bits per heavy atom. The molecule has 0 bridgehead atoms. The topological polar surface area (TPSA) is 74.6 Å². The fourth-order valence-corrected chi connectivity index (χ4v) is 3.17. The molecular formula is C18H34O4. The van der Waals surface area contributed by atoms with Crippen molar-refractivity contribution in [3.63, 3.8) is 0 Å². The van der Waals surface area contributed by atoms with Crippen LogP contribution in [0, 0.1) is 10.8 Å². The molecule has 2 N–H and O–H groups in total. The maximum atomic E-state index is 11.3. The van der Waals surface area contributed by atoms with E-state index in [4.69, 9.17) is 0 Å². The molecule has 2 atom stereocenters. The molecule has 0 aromatic heterocycles. The second kappa shape index (κ2) is 9.86. The Bertz CT molecular complexity index is 319. The third-order valence-corrected chi connectivity index (χ3v) is 4.84. The van der Waals surface area contributed by atoms with Crippen LogP contribution in [0.25, 0.3) is 0 Å². The molecule has 0 spiro atoms. The van der Waals surface area contributed by atoms with Gasteiger partial charge in [-0.2, -0.15) is 0 Å². The Morgan fingerprint density at radius 2 is 1.00 bits per heavy atom.